The van der Waals surface area contributed by atoms with Crippen molar-refractivity contribution in [2.24, 2.45) is 5.92 Å². The van der Waals surface area contributed by atoms with Gasteiger partial charge < -0.3 is 14.9 Å². The van der Waals surface area contributed by atoms with E-state index in [9.17, 15) is 14.0 Å². The van der Waals surface area contributed by atoms with Crippen LogP contribution in [0.15, 0.2) is 18.2 Å². The summed E-state index contributed by atoms with van der Waals surface area (Å²) in [4.78, 5) is 26.9. The lowest BCUT2D eigenvalue weighted by Crippen LogP contribution is -2.47. The molecule has 0 spiro atoms. The van der Waals surface area contributed by atoms with Gasteiger partial charge in [0.15, 0.2) is 0 Å². The summed E-state index contributed by atoms with van der Waals surface area (Å²) in [5, 5.41) is 9.13. The molecule has 1 aromatic carbocycles. The highest BCUT2D eigenvalue weighted by Gasteiger charge is 2.33. The van der Waals surface area contributed by atoms with Gasteiger partial charge in [0.2, 0.25) is 0 Å². The van der Waals surface area contributed by atoms with Gasteiger partial charge >= 0.3 is 5.97 Å². The summed E-state index contributed by atoms with van der Waals surface area (Å²) in [6, 6.07) is 4.37. The summed E-state index contributed by atoms with van der Waals surface area (Å²) >= 11 is 0. The Morgan fingerprint density at radius 1 is 1.32 bits per heavy atom. The van der Waals surface area contributed by atoms with Gasteiger partial charge in [-0.2, -0.15) is 0 Å². The van der Waals surface area contributed by atoms with Gasteiger partial charge in [0.1, 0.15) is 5.82 Å². The van der Waals surface area contributed by atoms with E-state index in [2.05, 4.69) is 0 Å². The fourth-order valence-electron chi connectivity index (χ4n) is 2.70. The second kappa shape index (κ2) is 6.34. The first kappa shape index (κ1) is 16.3. The molecule has 1 fully saturated rings. The molecule has 1 saturated heterocycles. The Morgan fingerprint density at radius 2 is 2.00 bits per heavy atom. The third-order valence-electron chi connectivity index (χ3n) is 4.19. The maximum Gasteiger partial charge on any atom is 0.308 e. The number of hydrogen-bond acceptors (Lipinski definition) is 3. The summed E-state index contributed by atoms with van der Waals surface area (Å²) in [6.45, 7) is 1.99. The van der Waals surface area contributed by atoms with Crippen LogP contribution in [0.1, 0.15) is 30.1 Å². The van der Waals surface area contributed by atoms with E-state index in [4.69, 9.17) is 5.11 Å². The summed E-state index contributed by atoms with van der Waals surface area (Å²) < 4.78 is 14.2. The highest BCUT2D eigenvalue weighted by molar-refractivity contribution is 5.95. The van der Waals surface area contributed by atoms with Gasteiger partial charge in [0.05, 0.1) is 11.5 Å². The number of amides is 1. The molecule has 2 rings (SSSR count). The van der Waals surface area contributed by atoms with E-state index in [-0.39, 0.29) is 18.2 Å². The van der Waals surface area contributed by atoms with E-state index < -0.39 is 23.6 Å². The fraction of sp³-hybridized carbons (Fsp3) is 0.500. The van der Waals surface area contributed by atoms with Gasteiger partial charge in [-0.3, -0.25) is 9.59 Å². The minimum absolute atomic E-state index is 0.0107. The van der Waals surface area contributed by atoms with Crippen molar-refractivity contribution >= 4 is 17.6 Å². The number of anilines is 1. The average molecular weight is 308 g/mol. The quantitative estimate of drug-likeness (QED) is 0.930. The number of rotatable bonds is 3. The number of nitrogens with zero attached hydrogens (tertiary/aromatic N) is 2. The van der Waals surface area contributed by atoms with Crippen LogP contribution < -0.4 is 4.90 Å². The van der Waals surface area contributed by atoms with Crippen LogP contribution in [0.4, 0.5) is 10.1 Å². The predicted octanol–water partition coefficient (Wildman–Crippen LogP) is 2.22. The molecule has 1 heterocycles. The van der Waals surface area contributed by atoms with E-state index in [0.29, 0.717) is 18.5 Å². The zero-order chi connectivity index (χ0) is 16.4. The number of hydrogen-bond donors (Lipinski definition) is 1. The number of carbonyl (C=O) groups is 2. The molecule has 1 N–H and O–H groups in total. The zero-order valence-corrected chi connectivity index (χ0v) is 13.0. The first-order valence-electron chi connectivity index (χ1n) is 7.32. The van der Waals surface area contributed by atoms with Crippen LogP contribution >= 0.6 is 0 Å². The standard InChI is InChI=1S/C16H21FN2O3/c1-10-4-5-11(16(21)22)9-19(10)15(20)13-7-6-12(18(2)3)8-14(13)17/h6-8,10-11H,4-5,9H2,1-3H3,(H,21,22). The third kappa shape index (κ3) is 3.21. The van der Waals surface area contributed by atoms with Crippen LogP contribution in [0, 0.1) is 11.7 Å². The van der Waals surface area contributed by atoms with E-state index in [1.54, 1.807) is 25.1 Å². The maximum absolute atomic E-state index is 14.2. The van der Waals surface area contributed by atoms with Crippen LogP contribution in [0.3, 0.4) is 0 Å². The second-order valence-corrected chi connectivity index (χ2v) is 5.98. The molecule has 0 saturated carbocycles. The van der Waals surface area contributed by atoms with Crippen LogP contribution in [-0.4, -0.2) is 48.6 Å². The van der Waals surface area contributed by atoms with Crippen molar-refractivity contribution in [2.75, 3.05) is 25.5 Å². The number of piperidine rings is 1. The smallest absolute Gasteiger partial charge is 0.308 e. The highest BCUT2D eigenvalue weighted by atomic mass is 19.1. The number of halogens is 1. The molecular formula is C16H21FN2O3. The van der Waals surface area contributed by atoms with Gasteiger partial charge in [-0.15, -0.1) is 0 Å². The van der Waals surface area contributed by atoms with Crippen molar-refractivity contribution in [3.63, 3.8) is 0 Å². The van der Waals surface area contributed by atoms with E-state index in [0.717, 1.165) is 0 Å². The summed E-state index contributed by atoms with van der Waals surface area (Å²) in [6.07, 6.45) is 1.16. The molecule has 22 heavy (non-hydrogen) atoms. The average Bonchev–Trinajstić information content (AvgIpc) is 2.46. The Balaban J connectivity index is 2.24. The third-order valence-corrected chi connectivity index (χ3v) is 4.19. The first-order valence-corrected chi connectivity index (χ1v) is 7.32. The molecule has 6 heteroatoms. The first-order chi connectivity index (χ1) is 10.3. The molecule has 0 aromatic heterocycles. The maximum atomic E-state index is 14.2. The summed E-state index contributed by atoms with van der Waals surface area (Å²) in [5.74, 6) is -2.51. The number of carbonyl (C=O) groups excluding carboxylic acids is 1. The lowest BCUT2D eigenvalue weighted by molar-refractivity contribution is -0.143. The van der Waals surface area contributed by atoms with Gasteiger partial charge in [-0.05, 0) is 38.0 Å². The predicted molar refractivity (Wildman–Crippen MR) is 81.6 cm³/mol. The van der Waals surface area contributed by atoms with Crippen molar-refractivity contribution in [2.45, 2.75) is 25.8 Å². The van der Waals surface area contributed by atoms with Gasteiger partial charge in [-0.1, -0.05) is 0 Å². The minimum atomic E-state index is -0.909. The van der Waals surface area contributed by atoms with Gasteiger partial charge in [-0.25, -0.2) is 4.39 Å². The largest absolute Gasteiger partial charge is 0.481 e. The van der Waals surface area contributed by atoms with Crippen molar-refractivity contribution in [3.05, 3.63) is 29.6 Å². The second-order valence-electron chi connectivity index (χ2n) is 5.98. The lowest BCUT2D eigenvalue weighted by Gasteiger charge is -2.36. The monoisotopic (exact) mass is 308 g/mol. The fourth-order valence-corrected chi connectivity index (χ4v) is 2.70. The molecule has 1 aliphatic rings. The van der Waals surface area contributed by atoms with Crippen molar-refractivity contribution < 1.29 is 19.1 Å². The molecule has 2 unspecified atom stereocenters. The lowest BCUT2D eigenvalue weighted by atomic mass is 9.93. The number of likely N-dealkylation sites (tertiary alicyclic amines) is 1. The Kier molecular flexibility index (Phi) is 4.68. The molecular weight excluding hydrogens is 287 g/mol. The SMILES string of the molecule is CC1CCC(C(=O)O)CN1C(=O)c1ccc(N(C)C)cc1F. The van der Waals surface area contributed by atoms with Gasteiger partial charge in [0, 0.05) is 32.4 Å². The van der Waals surface area contributed by atoms with Crippen molar-refractivity contribution in [3.8, 4) is 0 Å². The van der Waals surface area contributed by atoms with Crippen molar-refractivity contribution in [1.82, 2.24) is 4.90 Å². The van der Waals surface area contributed by atoms with E-state index in [1.165, 1.54) is 17.0 Å². The van der Waals surface area contributed by atoms with Crippen LogP contribution in [0.5, 0.6) is 0 Å². The molecule has 1 amide bonds. The molecule has 5 nitrogen and oxygen atoms in total. The molecule has 1 aliphatic heterocycles. The van der Waals surface area contributed by atoms with Crippen molar-refractivity contribution in [1.29, 1.82) is 0 Å². The number of carboxylic acid groups (broad SMARTS) is 1. The van der Waals surface area contributed by atoms with Crippen LogP contribution in [0.2, 0.25) is 0 Å². The highest BCUT2D eigenvalue weighted by Crippen LogP contribution is 2.25. The van der Waals surface area contributed by atoms with E-state index in [1.807, 2.05) is 6.92 Å². The van der Waals surface area contributed by atoms with Crippen LogP contribution in [-0.2, 0) is 4.79 Å². The molecule has 1 aromatic rings. The molecule has 0 bridgehead atoms. The summed E-state index contributed by atoms with van der Waals surface area (Å²) in [7, 11) is 3.58. The number of benzene rings is 1. The number of carboxylic acids is 1. The topological polar surface area (TPSA) is 60.9 Å². The van der Waals surface area contributed by atoms with E-state index >= 15 is 0 Å². The van der Waals surface area contributed by atoms with Crippen LogP contribution in [0.25, 0.3) is 0 Å². The normalized spacial score (nSPS) is 21.5. The minimum Gasteiger partial charge on any atom is -0.481 e. The Hall–Kier alpha value is -2.11. The molecule has 0 radical (unpaired) electrons. The molecule has 0 aliphatic carbocycles. The Bertz CT molecular complexity index is 589. The number of aliphatic carboxylic acids is 1. The Morgan fingerprint density at radius 3 is 2.55 bits per heavy atom. The van der Waals surface area contributed by atoms with Gasteiger partial charge in [0.25, 0.3) is 5.91 Å². The Labute approximate surface area is 129 Å². The zero-order valence-electron chi connectivity index (χ0n) is 13.0. The summed E-state index contributed by atoms with van der Waals surface area (Å²) in [5.41, 5.74) is 0.660. The molecule has 120 valence electrons. The molecule has 2 atom stereocenters.